The Labute approximate surface area is 128 Å². The summed E-state index contributed by atoms with van der Waals surface area (Å²) in [6, 6.07) is 1.23. The molecule has 14 heavy (non-hydrogen) atoms. The van der Waals surface area contributed by atoms with Crippen molar-refractivity contribution >= 4 is 5.78 Å². The SMILES string of the molecule is CC(=O)c1c(O)cc(C)oc1=O.[H-].[H-].[Na+].[Na+]. The van der Waals surface area contributed by atoms with Gasteiger partial charge in [-0.1, -0.05) is 0 Å². The number of carbonyl (C=O) groups excluding carboxylic acids is 1. The van der Waals surface area contributed by atoms with Crippen LogP contribution >= 0.6 is 0 Å². The van der Waals surface area contributed by atoms with Crippen LogP contribution in [0.2, 0.25) is 0 Å². The average Bonchev–Trinajstić information content (AvgIpc) is 1.82. The maximum atomic E-state index is 11.0. The molecular weight excluding hydrogens is 206 g/mol. The Morgan fingerprint density at radius 3 is 2.36 bits per heavy atom. The average molecular weight is 216 g/mol. The van der Waals surface area contributed by atoms with Gasteiger partial charge < -0.3 is 12.4 Å². The quantitative estimate of drug-likeness (QED) is 0.377. The second-order valence-corrected chi connectivity index (χ2v) is 2.46. The molecule has 0 saturated carbocycles. The van der Waals surface area contributed by atoms with E-state index < -0.39 is 11.4 Å². The fraction of sp³-hybridized carbons (Fsp3) is 0.250. The number of hydrogen-bond donors (Lipinski definition) is 1. The maximum Gasteiger partial charge on any atom is 1.00 e. The predicted molar refractivity (Wildman–Crippen MR) is 43.6 cm³/mol. The fourth-order valence-corrected chi connectivity index (χ4v) is 0.920. The molecule has 0 amide bonds. The first kappa shape index (κ1) is 16.8. The molecule has 0 aliphatic rings. The minimum atomic E-state index is -0.792. The van der Waals surface area contributed by atoms with Gasteiger partial charge in [0, 0.05) is 6.07 Å². The summed E-state index contributed by atoms with van der Waals surface area (Å²) in [6.45, 7) is 2.71. The number of carbonyl (C=O) groups is 1. The van der Waals surface area contributed by atoms with E-state index in [9.17, 15) is 9.59 Å². The van der Waals surface area contributed by atoms with Crippen LogP contribution in [0.5, 0.6) is 5.75 Å². The van der Waals surface area contributed by atoms with E-state index in [1.54, 1.807) is 0 Å². The van der Waals surface area contributed by atoms with E-state index in [1.807, 2.05) is 0 Å². The molecule has 68 valence electrons. The van der Waals surface area contributed by atoms with Crippen molar-refractivity contribution in [3.05, 3.63) is 27.8 Å². The molecule has 1 N–H and O–H groups in total. The number of hydrogen-bond acceptors (Lipinski definition) is 4. The molecule has 0 unspecified atom stereocenters. The summed E-state index contributed by atoms with van der Waals surface area (Å²) in [7, 11) is 0. The van der Waals surface area contributed by atoms with Gasteiger partial charge in [0.05, 0.1) is 0 Å². The van der Waals surface area contributed by atoms with Crippen molar-refractivity contribution in [1.82, 2.24) is 0 Å². The first-order chi connectivity index (χ1) is 5.52. The van der Waals surface area contributed by atoms with Crippen LogP contribution in [0, 0.1) is 6.92 Å². The van der Waals surface area contributed by atoms with Crippen molar-refractivity contribution in [1.29, 1.82) is 0 Å². The maximum absolute atomic E-state index is 11.0. The molecule has 0 saturated heterocycles. The van der Waals surface area contributed by atoms with Crippen LogP contribution in [0.1, 0.15) is 25.9 Å². The van der Waals surface area contributed by atoms with Crippen LogP contribution < -0.4 is 64.7 Å². The standard InChI is InChI=1S/C8H8O4.2Na.2H/c1-4-3-6(10)7(5(2)9)8(11)12-4;;;;/h3,10H,1-2H3;;;;/q;2*+1;2*-1. The number of Topliss-reactive ketones (excluding diaryl/α,β-unsaturated/α-hetero) is 1. The molecule has 1 aromatic heterocycles. The molecule has 1 aromatic rings. The predicted octanol–water partition coefficient (Wildman–Crippen LogP) is -4.91. The van der Waals surface area contributed by atoms with Gasteiger partial charge in [0.2, 0.25) is 0 Å². The third-order valence-corrected chi connectivity index (χ3v) is 1.41. The summed E-state index contributed by atoms with van der Waals surface area (Å²) in [4.78, 5) is 21.7. The van der Waals surface area contributed by atoms with Crippen molar-refractivity contribution in [3.8, 4) is 5.75 Å². The second-order valence-electron chi connectivity index (χ2n) is 2.46. The van der Waals surface area contributed by atoms with Gasteiger partial charge in [0.15, 0.2) is 5.78 Å². The Hall–Kier alpha value is 0.420. The van der Waals surface area contributed by atoms with E-state index in [-0.39, 0.29) is 79.0 Å². The molecule has 0 spiro atoms. The van der Waals surface area contributed by atoms with E-state index in [2.05, 4.69) is 4.42 Å². The molecule has 1 heterocycles. The van der Waals surface area contributed by atoms with E-state index in [0.29, 0.717) is 0 Å². The smallest absolute Gasteiger partial charge is 1.00 e. The molecule has 0 aromatic carbocycles. The molecule has 0 aliphatic heterocycles. The van der Waals surface area contributed by atoms with Crippen LogP contribution in [0.15, 0.2) is 15.3 Å². The van der Waals surface area contributed by atoms with Gasteiger partial charge in [-0.05, 0) is 13.8 Å². The first-order valence-electron chi connectivity index (χ1n) is 3.37. The van der Waals surface area contributed by atoms with Gasteiger partial charge >= 0.3 is 64.7 Å². The monoisotopic (exact) mass is 216 g/mol. The number of rotatable bonds is 1. The topological polar surface area (TPSA) is 67.5 Å². The molecule has 0 radical (unpaired) electrons. The minimum absolute atomic E-state index is 0. The molecule has 0 bridgehead atoms. The Bertz CT molecular complexity index is 392. The Balaban J connectivity index is -0.000000180. The zero-order chi connectivity index (χ0) is 9.30. The van der Waals surface area contributed by atoms with Crippen LogP contribution in [-0.4, -0.2) is 10.9 Å². The van der Waals surface area contributed by atoms with Crippen molar-refractivity contribution < 1.29 is 76.3 Å². The van der Waals surface area contributed by atoms with Gasteiger partial charge in [-0.25, -0.2) is 4.79 Å². The van der Waals surface area contributed by atoms with Crippen LogP contribution in [0.3, 0.4) is 0 Å². The largest absolute Gasteiger partial charge is 1.00 e. The van der Waals surface area contributed by atoms with E-state index in [1.165, 1.54) is 19.9 Å². The van der Waals surface area contributed by atoms with Gasteiger partial charge in [-0.15, -0.1) is 0 Å². The zero-order valence-corrected chi connectivity index (χ0v) is 12.7. The van der Waals surface area contributed by atoms with Gasteiger partial charge in [-0.2, -0.15) is 0 Å². The van der Waals surface area contributed by atoms with Crippen LogP contribution in [0.25, 0.3) is 0 Å². The molecule has 0 aliphatic carbocycles. The Morgan fingerprint density at radius 2 is 2.00 bits per heavy atom. The van der Waals surface area contributed by atoms with E-state index in [4.69, 9.17) is 5.11 Å². The number of aryl methyl sites for hydroxylation is 1. The summed E-state index contributed by atoms with van der Waals surface area (Å²) in [5.41, 5.74) is -1.08. The molecule has 1 rings (SSSR count). The number of ketones is 1. The Morgan fingerprint density at radius 1 is 1.50 bits per heavy atom. The molecular formula is C8H10Na2O4. The van der Waals surface area contributed by atoms with Crippen molar-refractivity contribution in [2.75, 3.05) is 0 Å². The summed E-state index contributed by atoms with van der Waals surface area (Å²) in [5, 5.41) is 9.16. The summed E-state index contributed by atoms with van der Waals surface area (Å²) >= 11 is 0. The molecule has 4 nitrogen and oxygen atoms in total. The van der Waals surface area contributed by atoms with Crippen molar-refractivity contribution in [3.63, 3.8) is 0 Å². The first-order valence-corrected chi connectivity index (χ1v) is 3.37. The van der Waals surface area contributed by atoms with Crippen molar-refractivity contribution in [2.24, 2.45) is 0 Å². The molecule has 0 atom stereocenters. The molecule has 0 fully saturated rings. The summed E-state index contributed by atoms with van der Waals surface area (Å²) < 4.78 is 4.61. The van der Waals surface area contributed by atoms with Crippen LogP contribution in [0.4, 0.5) is 0 Å². The second kappa shape index (κ2) is 6.82. The van der Waals surface area contributed by atoms with Gasteiger partial charge in [0.1, 0.15) is 17.1 Å². The van der Waals surface area contributed by atoms with Gasteiger partial charge in [-0.3, -0.25) is 4.79 Å². The normalized spacial score (nSPS) is 8.43. The fourth-order valence-electron chi connectivity index (χ4n) is 0.920. The third-order valence-electron chi connectivity index (χ3n) is 1.41. The molecule has 6 heteroatoms. The van der Waals surface area contributed by atoms with E-state index in [0.717, 1.165) is 0 Å². The van der Waals surface area contributed by atoms with Crippen LogP contribution in [-0.2, 0) is 0 Å². The third kappa shape index (κ3) is 3.88. The van der Waals surface area contributed by atoms with E-state index >= 15 is 0 Å². The van der Waals surface area contributed by atoms with Crippen molar-refractivity contribution in [2.45, 2.75) is 13.8 Å². The number of aromatic hydroxyl groups is 1. The summed E-state index contributed by atoms with van der Waals surface area (Å²) in [6.07, 6.45) is 0. The summed E-state index contributed by atoms with van der Waals surface area (Å²) in [5.74, 6) is -0.542. The minimum Gasteiger partial charge on any atom is -1.00 e. The zero-order valence-electron chi connectivity index (χ0n) is 10.7. The Kier molecular flexibility index (Phi) is 8.20. The van der Waals surface area contributed by atoms with Gasteiger partial charge in [0.25, 0.3) is 0 Å².